The molecule has 1 aliphatic heterocycles. The lowest BCUT2D eigenvalue weighted by atomic mass is 9.90. The molecule has 23 heavy (non-hydrogen) atoms. The van der Waals surface area contributed by atoms with E-state index in [0.29, 0.717) is 0 Å². The summed E-state index contributed by atoms with van der Waals surface area (Å²) in [6.45, 7) is 1.44. The van der Waals surface area contributed by atoms with Crippen LogP contribution in [-0.2, 0) is 29.4 Å². The van der Waals surface area contributed by atoms with Crippen LogP contribution in [-0.4, -0.2) is 29.7 Å². The number of ether oxygens (including phenoxy) is 1. The van der Waals surface area contributed by atoms with Crippen LogP contribution in [0.1, 0.15) is 30.5 Å². The summed E-state index contributed by atoms with van der Waals surface area (Å²) in [6.07, 6.45) is 4.74. The number of rotatable bonds is 2. The van der Waals surface area contributed by atoms with E-state index in [2.05, 4.69) is 41.2 Å². The molecule has 2 aliphatic rings. The zero-order chi connectivity index (χ0) is 15.8. The van der Waals surface area contributed by atoms with E-state index in [1.165, 1.54) is 22.2 Å². The highest BCUT2D eigenvalue weighted by molar-refractivity contribution is 5.86. The van der Waals surface area contributed by atoms with E-state index in [0.717, 1.165) is 45.3 Å². The molecule has 1 saturated heterocycles. The van der Waals surface area contributed by atoms with Crippen molar-refractivity contribution >= 4 is 16.8 Å². The fourth-order valence-electron chi connectivity index (χ4n) is 4.13. The third-order valence-corrected chi connectivity index (χ3v) is 5.46. The summed E-state index contributed by atoms with van der Waals surface area (Å²) in [6, 6.07) is 8.86. The van der Waals surface area contributed by atoms with Gasteiger partial charge in [-0.15, -0.1) is 0 Å². The van der Waals surface area contributed by atoms with Crippen LogP contribution < -0.4 is 5.32 Å². The molecule has 1 aromatic heterocycles. The maximum absolute atomic E-state index is 12.5. The van der Waals surface area contributed by atoms with E-state index in [4.69, 9.17) is 4.74 Å². The fraction of sp³-hybridized carbons (Fsp3) is 0.526. The number of aromatic nitrogens is 1. The fourth-order valence-corrected chi connectivity index (χ4v) is 4.13. The van der Waals surface area contributed by atoms with Crippen molar-refractivity contribution in [1.82, 2.24) is 9.88 Å². The smallest absolute Gasteiger partial charge is 0.223 e. The molecular weight excluding hydrogens is 288 g/mol. The van der Waals surface area contributed by atoms with Gasteiger partial charge in [-0.2, -0.15) is 0 Å². The van der Waals surface area contributed by atoms with Crippen LogP contribution in [0.15, 0.2) is 24.3 Å². The van der Waals surface area contributed by atoms with Gasteiger partial charge in [-0.3, -0.25) is 4.79 Å². The molecule has 1 amide bonds. The van der Waals surface area contributed by atoms with Gasteiger partial charge >= 0.3 is 0 Å². The van der Waals surface area contributed by atoms with Gasteiger partial charge in [0.25, 0.3) is 0 Å². The average molecular weight is 312 g/mol. The number of amides is 1. The normalized spacial score (nSPS) is 22.0. The lowest BCUT2D eigenvalue weighted by Crippen LogP contribution is -2.43. The van der Waals surface area contributed by atoms with Gasteiger partial charge in [-0.25, -0.2) is 0 Å². The monoisotopic (exact) mass is 312 g/mol. The molecule has 4 heteroatoms. The number of carbonyl (C=O) groups is 1. The topological polar surface area (TPSA) is 43.3 Å². The highest BCUT2D eigenvalue weighted by Gasteiger charge is 2.28. The summed E-state index contributed by atoms with van der Waals surface area (Å²) < 4.78 is 7.68. The summed E-state index contributed by atoms with van der Waals surface area (Å²) in [5.74, 6) is 0.361. The summed E-state index contributed by atoms with van der Waals surface area (Å²) in [7, 11) is 2.15. The Kier molecular flexibility index (Phi) is 3.85. The van der Waals surface area contributed by atoms with Gasteiger partial charge in [0.2, 0.25) is 5.91 Å². The van der Waals surface area contributed by atoms with Crippen molar-refractivity contribution in [3.63, 3.8) is 0 Å². The summed E-state index contributed by atoms with van der Waals surface area (Å²) in [5, 5.41) is 4.64. The molecule has 0 spiro atoms. The second kappa shape index (κ2) is 6.00. The maximum Gasteiger partial charge on any atom is 0.223 e. The van der Waals surface area contributed by atoms with Crippen molar-refractivity contribution in [2.24, 2.45) is 13.0 Å². The Labute approximate surface area is 136 Å². The first-order valence-corrected chi connectivity index (χ1v) is 8.67. The first-order valence-electron chi connectivity index (χ1n) is 8.67. The van der Waals surface area contributed by atoms with Crippen molar-refractivity contribution in [1.29, 1.82) is 0 Å². The molecule has 1 unspecified atom stereocenters. The Hall–Kier alpha value is -1.81. The minimum absolute atomic E-state index is 0.137. The predicted molar refractivity (Wildman–Crippen MR) is 90.4 cm³/mol. The molecule has 0 bridgehead atoms. The lowest BCUT2D eigenvalue weighted by molar-refractivity contribution is -0.128. The number of benzene rings is 1. The zero-order valence-electron chi connectivity index (χ0n) is 13.7. The minimum atomic E-state index is 0.137. The lowest BCUT2D eigenvalue weighted by Gasteiger charge is -2.28. The van der Waals surface area contributed by atoms with Crippen LogP contribution >= 0.6 is 0 Å². The van der Waals surface area contributed by atoms with Crippen molar-refractivity contribution < 1.29 is 9.53 Å². The second-order valence-corrected chi connectivity index (χ2v) is 6.84. The molecule has 1 atom stereocenters. The van der Waals surface area contributed by atoms with Crippen molar-refractivity contribution in [3.05, 3.63) is 35.5 Å². The molecule has 1 fully saturated rings. The predicted octanol–water partition coefficient (Wildman–Crippen LogP) is 2.58. The van der Waals surface area contributed by atoms with Crippen LogP contribution in [0.5, 0.6) is 0 Å². The van der Waals surface area contributed by atoms with Crippen LogP contribution in [0.3, 0.4) is 0 Å². The largest absolute Gasteiger partial charge is 0.381 e. The number of nitrogens with zero attached hydrogens (tertiary/aromatic N) is 1. The Morgan fingerprint density at radius 3 is 2.83 bits per heavy atom. The number of hydrogen-bond donors (Lipinski definition) is 1. The number of aryl methyl sites for hydroxylation is 1. The highest BCUT2D eigenvalue weighted by atomic mass is 16.5. The van der Waals surface area contributed by atoms with Crippen molar-refractivity contribution in [2.75, 3.05) is 13.2 Å². The van der Waals surface area contributed by atoms with Gasteiger partial charge in [0, 0.05) is 48.8 Å². The number of hydrogen-bond acceptors (Lipinski definition) is 2. The molecule has 4 rings (SSSR count). The maximum atomic E-state index is 12.5. The third kappa shape index (κ3) is 2.65. The van der Waals surface area contributed by atoms with Crippen LogP contribution in [0.2, 0.25) is 0 Å². The number of para-hydroxylation sites is 1. The molecule has 1 aliphatic carbocycles. The van der Waals surface area contributed by atoms with Gasteiger partial charge in [-0.05, 0) is 43.7 Å². The second-order valence-electron chi connectivity index (χ2n) is 6.84. The quantitative estimate of drug-likeness (QED) is 0.926. The van der Waals surface area contributed by atoms with Crippen LogP contribution in [0.4, 0.5) is 0 Å². The molecule has 2 aromatic rings. The van der Waals surface area contributed by atoms with E-state index in [9.17, 15) is 4.79 Å². The minimum Gasteiger partial charge on any atom is -0.381 e. The highest BCUT2D eigenvalue weighted by Crippen LogP contribution is 2.31. The zero-order valence-corrected chi connectivity index (χ0v) is 13.7. The standard InChI is InChI=1S/C19H24N2O2/c1-21-17-5-3-2-4-15(17)16-12-14(6-7-18(16)21)20-19(22)13-8-10-23-11-9-13/h2-5,13-14H,6-12H2,1H3,(H,20,22). The Balaban J connectivity index is 1.52. The molecule has 0 radical (unpaired) electrons. The molecule has 4 nitrogen and oxygen atoms in total. The molecule has 1 aromatic carbocycles. The van der Waals surface area contributed by atoms with E-state index >= 15 is 0 Å². The Bertz CT molecular complexity index is 728. The number of nitrogens with one attached hydrogen (secondary N) is 1. The molecule has 122 valence electrons. The Morgan fingerprint density at radius 2 is 2.00 bits per heavy atom. The summed E-state index contributed by atoms with van der Waals surface area (Å²) in [4.78, 5) is 12.5. The third-order valence-electron chi connectivity index (χ3n) is 5.46. The van der Waals surface area contributed by atoms with Gasteiger partial charge in [0.15, 0.2) is 0 Å². The van der Waals surface area contributed by atoms with Gasteiger partial charge in [-0.1, -0.05) is 18.2 Å². The number of carbonyl (C=O) groups excluding carboxylic acids is 1. The first kappa shape index (κ1) is 14.8. The van der Waals surface area contributed by atoms with E-state index in [-0.39, 0.29) is 17.9 Å². The van der Waals surface area contributed by atoms with Crippen molar-refractivity contribution in [3.8, 4) is 0 Å². The summed E-state index contributed by atoms with van der Waals surface area (Å²) in [5.41, 5.74) is 4.16. The number of fused-ring (bicyclic) bond motifs is 3. The van der Waals surface area contributed by atoms with Gasteiger partial charge in [0.05, 0.1) is 0 Å². The molecule has 0 saturated carbocycles. The SMILES string of the molecule is Cn1c2c(c3ccccc31)CC(NC(=O)C1CCOCC1)CC2. The van der Waals surface area contributed by atoms with E-state index < -0.39 is 0 Å². The van der Waals surface area contributed by atoms with Gasteiger partial charge < -0.3 is 14.6 Å². The average Bonchev–Trinajstić information content (AvgIpc) is 2.89. The Morgan fingerprint density at radius 1 is 1.22 bits per heavy atom. The molecule has 2 heterocycles. The van der Waals surface area contributed by atoms with Gasteiger partial charge in [0.1, 0.15) is 0 Å². The van der Waals surface area contributed by atoms with E-state index in [1.807, 2.05) is 0 Å². The summed E-state index contributed by atoms with van der Waals surface area (Å²) >= 11 is 0. The first-order chi connectivity index (χ1) is 11.2. The van der Waals surface area contributed by atoms with Crippen LogP contribution in [0.25, 0.3) is 10.9 Å². The van der Waals surface area contributed by atoms with Crippen LogP contribution in [0, 0.1) is 5.92 Å². The van der Waals surface area contributed by atoms with E-state index in [1.54, 1.807) is 0 Å². The van der Waals surface area contributed by atoms with Crippen molar-refractivity contribution in [2.45, 2.75) is 38.1 Å². The molecular formula is C19H24N2O2. The molecule has 1 N–H and O–H groups in total.